The van der Waals surface area contributed by atoms with Gasteiger partial charge in [0, 0.05) is 26.2 Å². The topological polar surface area (TPSA) is 99.4 Å². The zero-order valence-corrected chi connectivity index (χ0v) is 19.5. The Morgan fingerprint density at radius 1 is 1.12 bits per heavy atom. The molecule has 3 heterocycles. The molecule has 2 aliphatic rings. The fraction of sp³-hybridized carbons (Fsp3) is 0.522. The maximum Gasteiger partial charge on any atom is 0.225 e. The molecule has 0 aliphatic carbocycles. The number of ether oxygens (including phenoxy) is 1. The molecule has 2 aliphatic heterocycles. The van der Waals surface area contributed by atoms with Gasteiger partial charge in [0.25, 0.3) is 0 Å². The Hall–Kier alpha value is -2.77. The van der Waals surface area contributed by atoms with Gasteiger partial charge in [0.2, 0.25) is 16.0 Å². The van der Waals surface area contributed by atoms with E-state index in [1.165, 1.54) is 23.0 Å². The van der Waals surface area contributed by atoms with Crippen LogP contribution < -0.4 is 9.64 Å². The molecule has 33 heavy (non-hydrogen) atoms. The van der Waals surface area contributed by atoms with Crippen LogP contribution in [0.25, 0.3) is 0 Å². The molecule has 0 spiro atoms. The highest BCUT2D eigenvalue weighted by molar-refractivity contribution is 7.88. The smallest absolute Gasteiger partial charge is 0.225 e. The summed E-state index contributed by atoms with van der Waals surface area (Å²) >= 11 is 0. The lowest BCUT2D eigenvalue weighted by atomic mass is 9.74. The number of hydrogen-bond donors (Lipinski definition) is 0. The minimum absolute atomic E-state index is 0.353. The van der Waals surface area contributed by atoms with Crippen LogP contribution in [0.1, 0.15) is 31.2 Å². The molecule has 0 radical (unpaired) electrons. The average Bonchev–Trinajstić information content (AvgIpc) is 2.83. The van der Waals surface area contributed by atoms with E-state index in [4.69, 9.17) is 4.74 Å². The van der Waals surface area contributed by atoms with Crippen molar-refractivity contribution in [2.45, 2.75) is 31.1 Å². The van der Waals surface area contributed by atoms with Crippen molar-refractivity contribution in [3.63, 3.8) is 0 Å². The summed E-state index contributed by atoms with van der Waals surface area (Å²) in [5.41, 5.74) is 0.229. The van der Waals surface area contributed by atoms with Crippen LogP contribution in [0.3, 0.4) is 0 Å². The Balaban J connectivity index is 1.29. The van der Waals surface area contributed by atoms with Crippen LogP contribution in [0.15, 0.2) is 36.7 Å². The van der Waals surface area contributed by atoms with Gasteiger partial charge in [-0.3, -0.25) is 0 Å². The summed E-state index contributed by atoms with van der Waals surface area (Å²) in [6.07, 6.45) is 6.42. The number of piperidine rings is 2. The number of hydrogen-bond acceptors (Lipinski definition) is 7. The van der Waals surface area contributed by atoms with E-state index >= 15 is 0 Å². The van der Waals surface area contributed by atoms with E-state index in [0.717, 1.165) is 37.2 Å². The zero-order valence-electron chi connectivity index (χ0n) is 18.7. The van der Waals surface area contributed by atoms with Crippen molar-refractivity contribution in [2.24, 2.45) is 5.92 Å². The second-order valence-corrected chi connectivity index (χ2v) is 10.8. The van der Waals surface area contributed by atoms with Crippen molar-refractivity contribution < 1.29 is 17.5 Å². The lowest BCUT2D eigenvalue weighted by Crippen LogP contribution is -2.44. The molecule has 8 nitrogen and oxygen atoms in total. The van der Waals surface area contributed by atoms with Gasteiger partial charge in [-0.2, -0.15) is 5.26 Å². The molecule has 176 valence electrons. The van der Waals surface area contributed by atoms with E-state index in [9.17, 15) is 18.1 Å². The Kier molecular flexibility index (Phi) is 6.81. The molecule has 2 saturated heterocycles. The molecule has 0 amide bonds. The minimum Gasteiger partial charge on any atom is -0.493 e. The van der Waals surface area contributed by atoms with Crippen molar-refractivity contribution >= 4 is 16.0 Å². The van der Waals surface area contributed by atoms with Crippen LogP contribution in [0, 0.1) is 23.1 Å². The van der Waals surface area contributed by atoms with E-state index in [0.29, 0.717) is 44.4 Å². The molecular formula is C23H28FN5O3S. The maximum atomic E-state index is 13.0. The lowest BCUT2D eigenvalue weighted by Gasteiger charge is -2.36. The standard InChI is InChI=1S/C23H28FN5O3S/c1-33(30,31)29-12-8-23(17-25,9-13-29)19-2-4-21(5-3-19)32-16-18-6-10-28(11-7-18)22-26-14-20(24)15-27-22/h2-5,14-15,18H,6-13,16H2,1H3. The maximum absolute atomic E-state index is 13.0. The number of anilines is 1. The normalized spacial score (nSPS) is 19.7. The number of halogens is 1. The number of aromatic nitrogens is 2. The predicted octanol–water partition coefficient (Wildman–Crippen LogP) is 2.73. The first kappa shape index (κ1) is 23.4. The molecule has 0 N–H and O–H groups in total. The molecule has 0 saturated carbocycles. The summed E-state index contributed by atoms with van der Waals surface area (Å²) in [5.74, 6) is 1.28. The van der Waals surface area contributed by atoms with Gasteiger partial charge in [-0.25, -0.2) is 27.1 Å². The second-order valence-electron chi connectivity index (χ2n) is 8.82. The van der Waals surface area contributed by atoms with E-state index in [-0.39, 0.29) is 0 Å². The Labute approximate surface area is 194 Å². The van der Waals surface area contributed by atoms with Crippen molar-refractivity contribution in [2.75, 3.05) is 43.9 Å². The molecule has 4 rings (SSSR count). The average molecular weight is 474 g/mol. The third-order valence-electron chi connectivity index (χ3n) is 6.66. The summed E-state index contributed by atoms with van der Waals surface area (Å²) in [7, 11) is -3.23. The Morgan fingerprint density at radius 3 is 2.27 bits per heavy atom. The lowest BCUT2D eigenvalue weighted by molar-refractivity contribution is 0.222. The van der Waals surface area contributed by atoms with Gasteiger partial charge in [-0.05, 0) is 49.3 Å². The van der Waals surface area contributed by atoms with Gasteiger partial charge >= 0.3 is 0 Å². The van der Waals surface area contributed by atoms with Crippen molar-refractivity contribution in [1.29, 1.82) is 5.26 Å². The fourth-order valence-corrected chi connectivity index (χ4v) is 5.36. The number of rotatable bonds is 6. The van der Waals surface area contributed by atoms with Crippen molar-refractivity contribution in [1.82, 2.24) is 14.3 Å². The van der Waals surface area contributed by atoms with E-state index in [2.05, 4.69) is 20.9 Å². The number of sulfonamides is 1. The highest BCUT2D eigenvalue weighted by atomic mass is 32.2. The Bertz CT molecular complexity index is 1090. The summed E-state index contributed by atoms with van der Waals surface area (Å²) < 4.78 is 44.0. The number of nitriles is 1. The van der Waals surface area contributed by atoms with E-state index in [1.807, 2.05) is 24.3 Å². The minimum atomic E-state index is -3.23. The molecule has 0 bridgehead atoms. The van der Waals surface area contributed by atoms with Crippen LogP contribution in [-0.4, -0.2) is 61.7 Å². The quantitative estimate of drug-likeness (QED) is 0.636. The fourth-order valence-electron chi connectivity index (χ4n) is 4.52. The molecule has 2 aromatic rings. The van der Waals surface area contributed by atoms with Gasteiger partial charge in [0.1, 0.15) is 5.75 Å². The molecule has 10 heteroatoms. The third kappa shape index (κ3) is 5.42. The van der Waals surface area contributed by atoms with Crippen molar-refractivity contribution in [3.05, 3.63) is 48.0 Å². The molecule has 0 atom stereocenters. The summed E-state index contributed by atoms with van der Waals surface area (Å²) in [6, 6.07) is 10.0. The second kappa shape index (κ2) is 9.61. The van der Waals surface area contributed by atoms with Gasteiger partial charge in [-0.1, -0.05) is 12.1 Å². The van der Waals surface area contributed by atoms with Crippen LogP contribution in [0.5, 0.6) is 5.75 Å². The molecule has 0 unspecified atom stereocenters. The van der Waals surface area contributed by atoms with Crippen LogP contribution >= 0.6 is 0 Å². The number of benzene rings is 1. The first-order valence-corrected chi connectivity index (χ1v) is 13.0. The van der Waals surface area contributed by atoms with Gasteiger partial charge in [0.05, 0.1) is 36.7 Å². The van der Waals surface area contributed by atoms with Gasteiger partial charge in [0.15, 0.2) is 5.82 Å². The van der Waals surface area contributed by atoms with Gasteiger partial charge in [-0.15, -0.1) is 0 Å². The highest BCUT2D eigenvalue weighted by Crippen LogP contribution is 2.36. The zero-order chi connectivity index (χ0) is 23.5. The highest BCUT2D eigenvalue weighted by Gasteiger charge is 2.38. The third-order valence-corrected chi connectivity index (χ3v) is 7.96. The van der Waals surface area contributed by atoms with Crippen LogP contribution in [0.2, 0.25) is 0 Å². The monoisotopic (exact) mass is 473 g/mol. The molecular weight excluding hydrogens is 445 g/mol. The van der Waals surface area contributed by atoms with E-state index in [1.54, 1.807) is 0 Å². The molecule has 2 fully saturated rings. The van der Waals surface area contributed by atoms with Crippen LogP contribution in [-0.2, 0) is 15.4 Å². The first-order valence-electron chi connectivity index (χ1n) is 11.1. The van der Waals surface area contributed by atoms with Crippen LogP contribution in [0.4, 0.5) is 10.3 Å². The number of nitrogens with zero attached hydrogens (tertiary/aromatic N) is 5. The Morgan fingerprint density at radius 2 is 1.73 bits per heavy atom. The predicted molar refractivity (Wildman–Crippen MR) is 122 cm³/mol. The molecule has 1 aromatic carbocycles. The summed E-state index contributed by atoms with van der Waals surface area (Å²) in [5, 5.41) is 9.86. The largest absolute Gasteiger partial charge is 0.493 e. The van der Waals surface area contributed by atoms with Gasteiger partial charge < -0.3 is 9.64 Å². The summed E-state index contributed by atoms with van der Waals surface area (Å²) in [6.45, 7) is 2.91. The first-order chi connectivity index (χ1) is 15.8. The summed E-state index contributed by atoms with van der Waals surface area (Å²) in [4.78, 5) is 10.2. The van der Waals surface area contributed by atoms with Crippen molar-refractivity contribution in [3.8, 4) is 11.8 Å². The SMILES string of the molecule is CS(=O)(=O)N1CCC(C#N)(c2ccc(OCC3CCN(c4ncc(F)cn4)CC3)cc2)CC1. The molecule has 1 aromatic heterocycles. The van der Waals surface area contributed by atoms with E-state index < -0.39 is 21.3 Å².